The number of aryl methyl sites for hydroxylation is 1. The molecule has 0 aliphatic carbocycles. The summed E-state index contributed by atoms with van der Waals surface area (Å²) in [6, 6.07) is 3.93. The summed E-state index contributed by atoms with van der Waals surface area (Å²) in [7, 11) is 0. The Morgan fingerprint density at radius 2 is 2.05 bits per heavy atom. The number of halogens is 2. The van der Waals surface area contributed by atoms with Gasteiger partial charge >= 0.3 is 0 Å². The first-order valence-corrected chi connectivity index (χ1v) is 6.55. The molecule has 0 saturated carbocycles. The molecule has 1 aromatic carbocycles. The largest absolute Gasteiger partial charge is 0.387 e. The molecule has 0 amide bonds. The Labute approximate surface area is 121 Å². The first-order chi connectivity index (χ1) is 9.56. The molecule has 4 nitrogen and oxygen atoms in total. The second kappa shape index (κ2) is 6.74. The number of aliphatic hydroxyl groups is 1. The highest BCUT2D eigenvalue weighted by Crippen LogP contribution is 2.23. The Morgan fingerprint density at radius 1 is 1.35 bits per heavy atom. The number of benzene rings is 1. The maximum absolute atomic E-state index is 12.9. The Hall–Kier alpha value is -1.56. The lowest BCUT2D eigenvalue weighted by Crippen LogP contribution is -2.22. The zero-order chi connectivity index (χ0) is 14.5. The summed E-state index contributed by atoms with van der Waals surface area (Å²) in [5, 5.41) is 13.3. The number of nitrogens with zero attached hydrogens (tertiary/aromatic N) is 2. The van der Waals surface area contributed by atoms with Crippen molar-refractivity contribution in [3.05, 3.63) is 58.4 Å². The predicted molar refractivity (Wildman–Crippen MR) is 74.8 cm³/mol. The van der Waals surface area contributed by atoms with Crippen LogP contribution >= 0.6 is 11.6 Å². The maximum atomic E-state index is 12.9. The number of rotatable bonds is 5. The van der Waals surface area contributed by atoms with Crippen LogP contribution in [0.1, 0.15) is 23.1 Å². The quantitative estimate of drug-likeness (QED) is 0.889. The minimum absolute atomic E-state index is 0.214. The van der Waals surface area contributed by atoms with Gasteiger partial charge in [0.15, 0.2) is 0 Å². The van der Waals surface area contributed by atoms with Crippen LogP contribution in [-0.2, 0) is 6.54 Å². The van der Waals surface area contributed by atoms with Crippen LogP contribution in [-0.4, -0.2) is 21.6 Å². The van der Waals surface area contributed by atoms with Crippen molar-refractivity contribution in [1.82, 2.24) is 15.3 Å². The van der Waals surface area contributed by atoms with E-state index in [-0.39, 0.29) is 11.6 Å². The molecule has 0 fully saturated rings. The lowest BCUT2D eigenvalue weighted by molar-refractivity contribution is 0.174. The number of aromatic nitrogens is 2. The molecule has 1 aromatic heterocycles. The minimum atomic E-state index is -0.812. The van der Waals surface area contributed by atoms with Crippen molar-refractivity contribution in [2.75, 3.05) is 6.54 Å². The summed E-state index contributed by atoms with van der Waals surface area (Å²) in [5.74, 6) is 0.222. The van der Waals surface area contributed by atoms with E-state index in [4.69, 9.17) is 11.6 Å². The molecule has 2 rings (SSSR count). The highest BCUT2D eigenvalue weighted by Gasteiger charge is 2.12. The zero-order valence-electron chi connectivity index (χ0n) is 11.0. The molecule has 1 unspecified atom stereocenters. The van der Waals surface area contributed by atoms with Crippen molar-refractivity contribution >= 4 is 11.6 Å². The van der Waals surface area contributed by atoms with E-state index in [1.165, 1.54) is 18.2 Å². The van der Waals surface area contributed by atoms with Crippen LogP contribution in [0.25, 0.3) is 0 Å². The molecule has 0 bridgehead atoms. The fraction of sp³-hybridized carbons (Fsp3) is 0.286. The minimum Gasteiger partial charge on any atom is -0.387 e. The molecule has 2 aromatic rings. The van der Waals surface area contributed by atoms with E-state index in [2.05, 4.69) is 15.3 Å². The van der Waals surface area contributed by atoms with Gasteiger partial charge in [0.25, 0.3) is 0 Å². The molecule has 0 spiro atoms. The molecule has 6 heteroatoms. The summed E-state index contributed by atoms with van der Waals surface area (Å²) < 4.78 is 12.9. The van der Waals surface area contributed by atoms with Crippen molar-refractivity contribution in [2.24, 2.45) is 0 Å². The maximum Gasteiger partial charge on any atom is 0.141 e. The summed E-state index contributed by atoms with van der Waals surface area (Å²) >= 11 is 5.89. The molecule has 0 aliphatic rings. The smallest absolute Gasteiger partial charge is 0.141 e. The Kier molecular flexibility index (Phi) is 5.00. The third-order valence-electron chi connectivity index (χ3n) is 2.78. The van der Waals surface area contributed by atoms with Crippen molar-refractivity contribution < 1.29 is 9.50 Å². The number of aliphatic hydroxyl groups excluding tert-OH is 1. The molecule has 1 atom stereocenters. The Morgan fingerprint density at radius 3 is 2.70 bits per heavy atom. The van der Waals surface area contributed by atoms with Crippen LogP contribution in [0.2, 0.25) is 5.02 Å². The van der Waals surface area contributed by atoms with E-state index in [0.29, 0.717) is 17.9 Å². The standard InChI is InChI=1S/C14H15ClFN3O/c1-9-5-18-14(19-6-9)8-17-7-13(20)11-3-2-10(16)4-12(11)15/h2-6,13,17,20H,7-8H2,1H3. The molecule has 1 heterocycles. The van der Waals surface area contributed by atoms with E-state index >= 15 is 0 Å². The van der Waals surface area contributed by atoms with Gasteiger partial charge in [0.05, 0.1) is 12.6 Å². The van der Waals surface area contributed by atoms with Crippen LogP contribution < -0.4 is 5.32 Å². The lowest BCUT2D eigenvalue weighted by Gasteiger charge is -2.13. The predicted octanol–water partition coefficient (Wildman–Crippen LogP) is 2.40. The fourth-order valence-electron chi connectivity index (χ4n) is 1.71. The molecule has 20 heavy (non-hydrogen) atoms. The van der Waals surface area contributed by atoms with Crippen molar-refractivity contribution in [3.63, 3.8) is 0 Å². The molecule has 0 aliphatic heterocycles. The molecule has 0 saturated heterocycles. The van der Waals surface area contributed by atoms with Gasteiger partial charge in [-0.3, -0.25) is 0 Å². The van der Waals surface area contributed by atoms with Crippen LogP contribution in [0.15, 0.2) is 30.6 Å². The normalized spacial score (nSPS) is 12.4. The molecule has 0 radical (unpaired) electrons. The van der Waals surface area contributed by atoms with E-state index in [9.17, 15) is 9.50 Å². The zero-order valence-corrected chi connectivity index (χ0v) is 11.7. The number of hydrogen-bond acceptors (Lipinski definition) is 4. The van der Waals surface area contributed by atoms with Crippen LogP contribution in [0.5, 0.6) is 0 Å². The number of nitrogens with one attached hydrogen (secondary N) is 1. The third-order valence-corrected chi connectivity index (χ3v) is 3.10. The van der Waals surface area contributed by atoms with E-state index in [0.717, 1.165) is 5.56 Å². The van der Waals surface area contributed by atoms with E-state index in [1.54, 1.807) is 12.4 Å². The van der Waals surface area contributed by atoms with Gasteiger partial charge in [-0.05, 0) is 24.6 Å². The van der Waals surface area contributed by atoms with Gasteiger partial charge in [0, 0.05) is 29.5 Å². The van der Waals surface area contributed by atoms with Crippen LogP contribution in [0, 0.1) is 12.7 Å². The van der Waals surface area contributed by atoms with Gasteiger partial charge in [0.1, 0.15) is 11.6 Å². The van der Waals surface area contributed by atoms with Gasteiger partial charge in [-0.25, -0.2) is 14.4 Å². The van der Waals surface area contributed by atoms with E-state index in [1.807, 2.05) is 6.92 Å². The highest BCUT2D eigenvalue weighted by atomic mass is 35.5. The first-order valence-electron chi connectivity index (χ1n) is 6.17. The average molecular weight is 296 g/mol. The summed E-state index contributed by atoms with van der Waals surface area (Å²) in [5.41, 5.74) is 1.48. The Balaban J connectivity index is 1.88. The van der Waals surface area contributed by atoms with Gasteiger partial charge in [0.2, 0.25) is 0 Å². The SMILES string of the molecule is Cc1cnc(CNCC(O)c2ccc(F)cc2Cl)nc1. The summed E-state index contributed by atoms with van der Waals surface area (Å²) in [4.78, 5) is 8.29. The van der Waals surface area contributed by atoms with Crippen LogP contribution in [0.3, 0.4) is 0 Å². The number of hydrogen-bond donors (Lipinski definition) is 2. The van der Waals surface area contributed by atoms with Gasteiger partial charge in [-0.15, -0.1) is 0 Å². The second-order valence-electron chi connectivity index (χ2n) is 4.49. The molecular formula is C14H15ClFN3O. The van der Waals surface area contributed by atoms with Crippen molar-refractivity contribution in [3.8, 4) is 0 Å². The fourth-order valence-corrected chi connectivity index (χ4v) is 2.01. The summed E-state index contributed by atoms with van der Waals surface area (Å²) in [6.07, 6.45) is 2.66. The van der Waals surface area contributed by atoms with Crippen LogP contribution in [0.4, 0.5) is 4.39 Å². The molecular weight excluding hydrogens is 281 g/mol. The monoisotopic (exact) mass is 295 g/mol. The van der Waals surface area contributed by atoms with Gasteiger partial charge in [-0.1, -0.05) is 17.7 Å². The lowest BCUT2D eigenvalue weighted by atomic mass is 10.1. The topological polar surface area (TPSA) is 58.0 Å². The van der Waals surface area contributed by atoms with Crippen molar-refractivity contribution in [1.29, 1.82) is 0 Å². The average Bonchev–Trinajstić information content (AvgIpc) is 2.41. The highest BCUT2D eigenvalue weighted by molar-refractivity contribution is 6.31. The van der Waals surface area contributed by atoms with Crippen molar-refractivity contribution in [2.45, 2.75) is 19.6 Å². The molecule has 106 valence electrons. The first kappa shape index (κ1) is 14.8. The van der Waals surface area contributed by atoms with E-state index < -0.39 is 11.9 Å². The second-order valence-corrected chi connectivity index (χ2v) is 4.90. The van der Waals surface area contributed by atoms with Gasteiger partial charge in [-0.2, -0.15) is 0 Å². The third kappa shape index (κ3) is 3.96. The molecule has 2 N–H and O–H groups in total. The Bertz CT molecular complexity index is 577. The summed E-state index contributed by atoms with van der Waals surface area (Å²) in [6.45, 7) is 2.64. The van der Waals surface area contributed by atoms with Gasteiger partial charge < -0.3 is 10.4 Å².